The number of likely N-dealkylation sites (N-methyl/N-ethyl adjacent to an activating group) is 1. The van der Waals surface area contributed by atoms with Gasteiger partial charge in [-0.25, -0.2) is 4.39 Å². The fourth-order valence-electron chi connectivity index (χ4n) is 1.52. The summed E-state index contributed by atoms with van der Waals surface area (Å²) >= 11 is 0. The summed E-state index contributed by atoms with van der Waals surface area (Å²) in [6, 6.07) is 4.77. The van der Waals surface area contributed by atoms with Gasteiger partial charge in [0.25, 0.3) is 0 Å². The molecule has 0 heterocycles. The van der Waals surface area contributed by atoms with Crippen LogP contribution in [0.2, 0.25) is 0 Å². The highest BCUT2D eigenvalue weighted by Gasteiger charge is 2.15. The first-order valence-corrected chi connectivity index (χ1v) is 5.23. The van der Waals surface area contributed by atoms with Gasteiger partial charge in [-0.1, -0.05) is 19.1 Å². The molecule has 2 atom stereocenters. The molecule has 15 heavy (non-hydrogen) atoms. The van der Waals surface area contributed by atoms with Crippen molar-refractivity contribution in [3.63, 3.8) is 0 Å². The van der Waals surface area contributed by atoms with Crippen LogP contribution in [-0.4, -0.2) is 17.7 Å². The maximum absolute atomic E-state index is 13.3. The molecule has 0 fully saturated rings. The van der Waals surface area contributed by atoms with E-state index in [-0.39, 0.29) is 11.9 Å². The summed E-state index contributed by atoms with van der Waals surface area (Å²) in [6.45, 7) is 6.34. The molecule has 0 radical (unpaired) electrons. The summed E-state index contributed by atoms with van der Waals surface area (Å²) in [7, 11) is 0. The van der Waals surface area contributed by atoms with Crippen molar-refractivity contribution in [1.29, 1.82) is 0 Å². The van der Waals surface area contributed by atoms with Crippen LogP contribution in [0.3, 0.4) is 0 Å². The average Bonchev–Trinajstić information content (AvgIpc) is 2.21. The molecule has 0 saturated carbocycles. The zero-order valence-corrected chi connectivity index (χ0v) is 9.42. The number of hydrogen-bond acceptors (Lipinski definition) is 2. The number of hydrogen-bond donors (Lipinski definition) is 2. The third kappa shape index (κ3) is 3.01. The maximum Gasteiger partial charge on any atom is 0.126 e. The van der Waals surface area contributed by atoms with Crippen LogP contribution in [0.1, 0.15) is 31.1 Å². The van der Waals surface area contributed by atoms with E-state index in [1.807, 2.05) is 13.8 Å². The summed E-state index contributed by atoms with van der Waals surface area (Å²) in [5.74, 6) is -0.268. The van der Waals surface area contributed by atoms with E-state index in [0.29, 0.717) is 11.1 Å². The predicted molar refractivity (Wildman–Crippen MR) is 59.2 cm³/mol. The van der Waals surface area contributed by atoms with E-state index in [1.54, 1.807) is 19.1 Å². The van der Waals surface area contributed by atoms with E-state index in [0.717, 1.165) is 6.54 Å². The number of aliphatic hydroxyl groups excluding tert-OH is 1. The van der Waals surface area contributed by atoms with Gasteiger partial charge in [-0.3, -0.25) is 0 Å². The minimum atomic E-state index is -0.667. The average molecular weight is 211 g/mol. The van der Waals surface area contributed by atoms with Gasteiger partial charge in [-0.05, 0) is 37.6 Å². The minimum absolute atomic E-state index is 0.0721. The fourth-order valence-corrected chi connectivity index (χ4v) is 1.52. The van der Waals surface area contributed by atoms with E-state index in [1.165, 1.54) is 6.07 Å². The summed E-state index contributed by atoms with van der Waals surface area (Å²) in [6.07, 6.45) is -0.667. The quantitative estimate of drug-likeness (QED) is 0.800. The number of nitrogens with one attached hydrogen (secondary N) is 1. The maximum atomic E-state index is 13.3. The van der Waals surface area contributed by atoms with Gasteiger partial charge in [0.15, 0.2) is 0 Å². The molecule has 0 aliphatic rings. The Bertz CT molecular complexity index is 327. The molecule has 1 aromatic rings. The van der Waals surface area contributed by atoms with Gasteiger partial charge in [0.05, 0.1) is 6.10 Å². The summed E-state index contributed by atoms with van der Waals surface area (Å²) in [4.78, 5) is 0. The van der Waals surface area contributed by atoms with Crippen molar-refractivity contribution in [2.75, 3.05) is 6.54 Å². The molecule has 2 unspecified atom stereocenters. The van der Waals surface area contributed by atoms with E-state index in [4.69, 9.17) is 0 Å². The first-order valence-electron chi connectivity index (χ1n) is 5.23. The van der Waals surface area contributed by atoms with Crippen molar-refractivity contribution in [2.45, 2.75) is 32.9 Å². The molecule has 2 N–H and O–H groups in total. The Morgan fingerprint density at radius 2 is 2.13 bits per heavy atom. The van der Waals surface area contributed by atoms with Crippen molar-refractivity contribution < 1.29 is 9.50 Å². The first kappa shape index (κ1) is 12.1. The highest BCUT2D eigenvalue weighted by molar-refractivity contribution is 5.25. The Labute approximate surface area is 90.1 Å². The van der Waals surface area contributed by atoms with Gasteiger partial charge in [-0.2, -0.15) is 0 Å². The molecule has 84 valence electrons. The van der Waals surface area contributed by atoms with Crippen LogP contribution in [0.4, 0.5) is 4.39 Å². The second-order valence-corrected chi connectivity index (χ2v) is 3.80. The van der Waals surface area contributed by atoms with Crippen LogP contribution in [-0.2, 0) is 0 Å². The Morgan fingerprint density at radius 1 is 1.47 bits per heavy atom. The van der Waals surface area contributed by atoms with Crippen molar-refractivity contribution in [3.05, 3.63) is 35.1 Å². The monoisotopic (exact) mass is 211 g/mol. The molecule has 0 spiro atoms. The molecule has 2 nitrogen and oxygen atoms in total. The standard InChI is InChI=1S/C12H18FNO/c1-4-14-9(3)12(15)10-6-5-8(2)11(13)7-10/h5-7,9,12,14-15H,4H2,1-3H3. The van der Waals surface area contributed by atoms with Gasteiger partial charge in [0.1, 0.15) is 5.82 Å². The zero-order chi connectivity index (χ0) is 11.4. The van der Waals surface area contributed by atoms with Crippen molar-refractivity contribution in [3.8, 4) is 0 Å². The lowest BCUT2D eigenvalue weighted by Gasteiger charge is -2.20. The Hall–Kier alpha value is -0.930. The van der Waals surface area contributed by atoms with Gasteiger partial charge >= 0.3 is 0 Å². The van der Waals surface area contributed by atoms with Crippen molar-refractivity contribution in [2.24, 2.45) is 0 Å². The largest absolute Gasteiger partial charge is 0.387 e. The molecule has 0 amide bonds. The number of aliphatic hydroxyl groups is 1. The van der Waals surface area contributed by atoms with Crippen LogP contribution in [0.25, 0.3) is 0 Å². The van der Waals surface area contributed by atoms with Crippen LogP contribution < -0.4 is 5.32 Å². The summed E-state index contributed by atoms with van der Waals surface area (Å²) in [5, 5.41) is 13.0. The SMILES string of the molecule is CCNC(C)C(O)c1ccc(C)c(F)c1. The Kier molecular flexibility index (Phi) is 4.24. The molecule has 1 aromatic carbocycles. The molecule has 0 saturated heterocycles. The van der Waals surface area contributed by atoms with E-state index < -0.39 is 6.10 Å². The van der Waals surface area contributed by atoms with E-state index in [9.17, 15) is 9.50 Å². The van der Waals surface area contributed by atoms with Crippen LogP contribution >= 0.6 is 0 Å². The summed E-state index contributed by atoms with van der Waals surface area (Å²) < 4.78 is 13.3. The molecule has 0 aromatic heterocycles. The van der Waals surface area contributed by atoms with E-state index >= 15 is 0 Å². The van der Waals surface area contributed by atoms with Crippen molar-refractivity contribution in [1.82, 2.24) is 5.32 Å². The van der Waals surface area contributed by atoms with Crippen LogP contribution in [0.15, 0.2) is 18.2 Å². The minimum Gasteiger partial charge on any atom is -0.387 e. The number of aryl methyl sites for hydroxylation is 1. The van der Waals surface area contributed by atoms with E-state index in [2.05, 4.69) is 5.32 Å². The van der Waals surface area contributed by atoms with Crippen molar-refractivity contribution >= 4 is 0 Å². The summed E-state index contributed by atoms with van der Waals surface area (Å²) in [5.41, 5.74) is 1.22. The van der Waals surface area contributed by atoms with Gasteiger partial charge in [0.2, 0.25) is 0 Å². The Morgan fingerprint density at radius 3 is 2.67 bits per heavy atom. The van der Waals surface area contributed by atoms with Gasteiger partial charge < -0.3 is 10.4 Å². The molecular weight excluding hydrogens is 193 g/mol. The Balaban J connectivity index is 2.81. The lowest BCUT2D eigenvalue weighted by molar-refractivity contribution is 0.137. The molecule has 1 rings (SSSR count). The lowest BCUT2D eigenvalue weighted by Crippen LogP contribution is -2.31. The first-order chi connectivity index (χ1) is 7.06. The van der Waals surface area contributed by atoms with Crippen LogP contribution in [0, 0.1) is 12.7 Å². The van der Waals surface area contributed by atoms with Crippen LogP contribution in [0.5, 0.6) is 0 Å². The normalized spacial score (nSPS) is 15.0. The molecular formula is C12H18FNO. The molecule has 0 aliphatic carbocycles. The lowest BCUT2D eigenvalue weighted by atomic mass is 10.0. The topological polar surface area (TPSA) is 32.3 Å². The molecule has 0 bridgehead atoms. The highest BCUT2D eigenvalue weighted by Crippen LogP contribution is 2.19. The third-order valence-corrected chi connectivity index (χ3v) is 2.54. The highest BCUT2D eigenvalue weighted by atomic mass is 19.1. The predicted octanol–water partition coefficient (Wildman–Crippen LogP) is 2.17. The zero-order valence-electron chi connectivity index (χ0n) is 9.42. The smallest absolute Gasteiger partial charge is 0.126 e. The van der Waals surface area contributed by atoms with Gasteiger partial charge in [-0.15, -0.1) is 0 Å². The second-order valence-electron chi connectivity index (χ2n) is 3.80. The third-order valence-electron chi connectivity index (χ3n) is 2.54. The second kappa shape index (κ2) is 5.24. The number of rotatable bonds is 4. The molecule has 3 heteroatoms. The molecule has 0 aliphatic heterocycles. The fraction of sp³-hybridized carbons (Fsp3) is 0.500. The number of halogens is 1. The van der Waals surface area contributed by atoms with Gasteiger partial charge in [0, 0.05) is 6.04 Å². The number of benzene rings is 1.